The van der Waals surface area contributed by atoms with Crippen molar-refractivity contribution in [1.29, 1.82) is 0 Å². The lowest BCUT2D eigenvalue weighted by molar-refractivity contribution is 0.406. The zero-order chi connectivity index (χ0) is 13.5. The third-order valence-electron chi connectivity index (χ3n) is 4.90. The molecule has 2 aliphatic rings. The third kappa shape index (κ3) is 1.98. The molecule has 2 saturated carbocycles. The second-order valence-corrected chi connectivity index (χ2v) is 6.18. The number of benzene rings is 1. The monoisotopic (exact) mass is 265 g/mol. The van der Waals surface area contributed by atoms with E-state index in [0.717, 1.165) is 28.9 Å². The first kappa shape index (κ1) is 11.9. The van der Waals surface area contributed by atoms with Crippen molar-refractivity contribution in [2.24, 2.45) is 11.8 Å². The summed E-state index contributed by atoms with van der Waals surface area (Å²) in [5.74, 6) is 3.77. The fraction of sp³-hybridized carbons (Fsp3) is 0.412. The Bertz CT molecular complexity index is 623. The van der Waals surface area contributed by atoms with Gasteiger partial charge in [0.1, 0.15) is 11.6 Å². The molecule has 1 heterocycles. The first-order valence-electron chi connectivity index (χ1n) is 7.49. The number of nitrogens with zero attached hydrogens (tertiary/aromatic N) is 2. The minimum absolute atomic E-state index is 0.528. The van der Waals surface area contributed by atoms with Crippen molar-refractivity contribution in [2.45, 2.75) is 31.6 Å². The number of hydrogen-bond acceptors (Lipinski definition) is 3. The predicted octanol–water partition coefficient (Wildman–Crippen LogP) is 3.63. The van der Waals surface area contributed by atoms with Gasteiger partial charge in [0.05, 0.1) is 5.69 Å². The summed E-state index contributed by atoms with van der Waals surface area (Å²) in [6.07, 6.45) is 5.36. The quantitative estimate of drug-likeness (QED) is 0.902. The van der Waals surface area contributed by atoms with Crippen LogP contribution in [0.15, 0.2) is 36.4 Å². The SMILES string of the molecule is Nc1cc(-c2ccccc2)nc(C2CC3CCC2C3)n1. The number of hydrogen-bond donors (Lipinski definition) is 1. The van der Waals surface area contributed by atoms with Gasteiger partial charge < -0.3 is 5.73 Å². The molecule has 0 saturated heterocycles. The Morgan fingerprint density at radius 3 is 2.55 bits per heavy atom. The summed E-state index contributed by atoms with van der Waals surface area (Å²) in [7, 11) is 0. The molecule has 20 heavy (non-hydrogen) atoms. The highest BCUT2D eigenvalue weighted by atomic mass is 15.0. The van der Waals surface area contributed by atoms with Crippen LogP contribution >= 0.6 is 0 Å². The van der Waals surface area contributed by atoms with Crippen molar-refractivity contribution in [2.75, 3.05) is 5.73 Å². The largest absolute Gasteiger partial charge is 0.384 e. The van der Waals surface area contributed by atoms with Crippen molar-refractivity contribution < 1.29 is 0 Å². The van der Waals surface area contributed by atoms with E-state index in [9.17, 15) is 0 Å². The second-order valence-electron chi connectivity index (χ2n) is 6.18. The molecule has 4 rings (SSSR count). The van der Waals surface area contributed by atoms with Gasteiger partial charge in [0.2, 0.25) is 0 Å². The minimum Gasteiger partial charge on any atom is -0.384 e. The lowest BCUT2D eigenvalue weighted by Gasteiger charge is -2.20. The molecule has 102 valence electrons. The van der Waals surface area contributed by atoms with E-state index in [2.05, 4.69) is 17.1 Å². The Morgan fingerprint density at radius 2 is 1.85 bits per heavy atom. The third-order valence-corrected chi connectivity index (χ3v) is 4.90. The van der Waals surface area contributed by atoms with Crippen LogP contribution in [-0.2, 0) is 0 Å². The summed E-state index contributed by atoms with van der Waals surface area (Å²) in [6.45, 7) is 0. The van der Waals surface area contributed by atoms with Crippen LogP contribution in [0.1, 0.15) is 37.4 Å². The molecule has 3 unspecified atom stereocenters. The van der Waals surface area contributed by atoms with E-state index in [1.807, 2.05) is 24.3 Å². The fourth-order valence-electron chi connectivity index (χ4n) is 3.97. The smallest absolute Gasteiger partial charge is 0.134 e. The van der Waals surface area contributed by atoms with Crippen LogP contribution in [-0.4, -0.2) is 9.97 Å². The van der Waals surface area contributed by atoms with Crippen molar-refractivity contribution in [3.05, 3.63) is 42.2 Å². The molecule has 1 aromatic heterocycles. The van der Waals surface area contributed by atoms with Crippen LogP contribution in [0.2, 0.25) is 0 Å². The molecule has 0 aliphatic heterocycles. The highest BCUT2D eigenvalue weighted by Crippen LogP contribution is 2.52. The molecule has 2 fully saturated rings. The summed E-state index contributed by atoms with van der Waals surface area (Å²) in [5, 5.41) is 0. The maximum atomic E-state index is 6.01. The van der Waals surface area contributed by atoms with E-state index in [0.29, 0.717) is 11.7 Å². The zero-order valence-corrected chi connectivity index (χ0v) is 11.5. The Labute approximate surface area is 119 Å². The first-order chi connectivity index (χ1) is 9.79. The lowest BCUT2D eigenvalue weighted by Crippen LogP contribution is -2.13. The van der Waals surface area contributed by atoms with Crippen molar-refractivity contribution >= 4 is 5.82 Å². The number of fused-ring (bicyclic) bond motifs is 2. The van der Waals surface area contributed by atoms with Crippen LogP contribution in [0, 0.1) is 11.8 Å². The molecule has 2 aliphatic carbocycles. The molecule has 3 atom stereocenters. The zero-order valence-electron chi connectivity index (χ0n) is 11.5. The van der Waals surface area contributed by atoms with Crippen LogP contribution in [0.4, 0.5) is 5.82 Å². The second kappa shape index (κ2) is 4.58. The maximum Gasteiger partial charge on any atom is 0.134 e. The van der Waals surface area contributed by atoms with E-state index in [1.165, 1.54) is 25.7 Å². The van der Waals surface area contributed by atoms with Gasteiger partial charge in [-0.25, -0.2) is 9.97 Å². The van der Waals surface area contributed by atoms with Gasteiger partial charge in [0.15, 0.2) is 0 Å². The van der Waals surface area contributed by atoms with Crippen LogP contribution in [0.5, 0.6) is 0 Å². The summed E-state index contributed by atoms with van der Waals surface area (Å²) in [4.78, 5) is 9.34. The Morgan fingerprint density at radius 1 is 1.00 bits per heavy atom. The molecule has 2 aromatic rings. The van der Waals surface area contributed by atoms with E-state index in [4.69, 9.17) is 10.7 Å². The minimum atomic E-state index is 0.528. The summed E-state index contributed by atoms with van der Waals surface area (Å²) in [6, 6.07) is 12.1. The molecular weight excluding hydrogens is 246 g/mol. The number of anilines is 1. The van der Waals surface area contributed by atoms with Crippen molar-refractivity contribution in [1.82, 2.24) is 9.97 Å². The maximum absolute atomic E-state index is 6.01. The Hall–Kier alpha value is -1.90. The standard InChI is InChI=1S/C17H19N3/c18-16-10-15(12-4-2-1-3-5-12)19-17(20-16)14-9-11-6-7-13(14)8-11/h1-5,10-11,13-14H,6-9H2,(H2,18,19,20). The summed E-state index contributed by atoms with van der Waals surface area (Å²) in [5.41, 5.74) is 8.08. The van der Waals surface area contributed by atoms with Gasteiger partial charge in [-0.15, -0.1) is 0 Å². The molecule has 0 amide bonds. The topological polar surface area (TPSA) is 51.8 Å². The molecule has 0 spiro atoms. The molecule has 2 bridgehead atoms. The molecule has 3 heteroatoms. The summed E-state index contributed by atoms with van der Waals surface area (Å²) < 4.78 is 0. The van der Waals surface area contributed by atoms with Gasteiger partial charge in [-0.2, -0.15) is 0 Å². The van der Waals surface area contributed by atoms with Crippen LogP contribution in [0.3, 0.4) is 0 Å². The lowest BCUT2D eigenvalue weighted by atomic mass is 9.88. The van der Waals surface area contributed by atoms with Crippen LogP contribution in [0.25, 0.3) is 11.3 Å². The predicted molar refractivity (Wildman–Crippen MR) is 80.1 cm³/mol. The van der Waals surface area contributed by atoms with Crippen molar-refractivity contribution in [3.63, 3.8) is 0 Å². The normalized spacial score (nSPS) is 27.9. The van der Waals surface area contributed by atoms with Crippen molar-refractivity contribution in [3.8, 4) is 11.3 Å². The van der Waals surface area contributed by atoms with E-state index < -0.39 is 0 Å². The Balaban J connectivity index is 1.73. The van der Waals surface area contributed by atoms with Gasteiger partial charge in [-0.3, -0.25) is 0 Å². The molecular formula is C17H19N3. The molecule has 0 radical (unpaired) electrons. The highest BCUT2D eigenvalue weighted by molar-refractivity contribution is 5.61. The fourth-order valence-corrected chi connectivity index (χ4v) is 3.97. The average Bonchev–Trinajstić information content (AvgIpc) is 3.10. The number of aromatic nitrogens is 2. The average molecular weight is 265 g/mol. The van der Waals surface area contributed by atoms with Gasteiger partial charge in [0, 0.05) is 17.5 Å². The van der Waals surface area contributed by atoms with Gasteiger partial charge in [0.25, 0.3) is 0 Å². The first-order valence-corrected chi connectivity index (χ1v) is 7.49. The molecule has 2 N–H and O–H groups in total. The number of rotatable bonds is 2. The summed E-state index contributed by atoms with van der Waals surface area (Å²) >= 11 is 0. The Kier molecular flexibility index (Phi) is 2.72. The number of nitrogen functional groups attached to an aromatic ring is 1. The van der Waals surface area contributed by atoms with Gasteiger partial charge >= 0.3 is 0 Å². The van der Waals surface area contributed by atoms with Gasteiger partial charge in [-0.05, 0) is 31.1 Å². The van der Waals surface area contributed by atoms with E-state index >= 15 is 0 Å². The van der Waals surface area contributed by atoms with Crippen LogP contribution < -0.4 is 5.73 Å². The van der Waals surface area contributed by atoms with E-state index in [1.54, 1.807) is 0 Å². The van der Waals surface area contributed by atoms with E-state index in [-0.39, 0.29) is 0 Å². The van der Waals surface area contributed by atoms with Gasteiger partial charge in [-0.1, -0.05) is 36.8 Å². The molecule has 1 aromatic carbocycles. The highest BCUT2D eigenvalue weighted by Gasteiger charge is 2.41. The molecule has 3 nitrogen and oxygen atoms in total. The number of nitrogens with two attached hydrogens (primary N) is 1.